The van der Waals surface area contributed by atoms with Gasteiger partial charge in [-0.15, -0.1) is 19.0 Å². The highest BCUT2D eigenvalue weighted by Crippen LogP contribution is 2.26. The first-order chi connectivity index (χ1) is 13.3. The van der Waals surface area contributed by atoms with Crippen LogP contribution in [-0.2, 0) is 11.8 Å². The minimum absolute atomic E-state index is 0.0943. The summed E-state index contributed by atoms with van der Waals surface area (Å²) in [4.78, 5) is 16.2. The maximum atomic E-state index is 12.6. The molecular weight excluding hydrogens is 412 g/mol. The highest BCUT2D eigenvalue weighted by Gasteiger charge is 2.27. The summed E-state index contributed by atoms with van der Waals surface area (Å²) in [6.45, 7) is 0. The quantitative estimate of drug-likeness (QED) is 0.458. The van der Waals surface area contributed by atoms with Crippen LogP contribution in [-0.4, -0.2) is 37.0 Å². The third-order valence-corrected chi connectivity index (χ3v) is 4.56. The first-order valence-electron chi connectivity index (χ1n) is 7.90. The third kappa shape index (κ3) is 5.40. The fourth-order valence-electron chi connectivity index (χ4n) is 2.25. The van der Waals surface area contributed by atoms with Crippen LogP contribution in [0.5, 0.6) is 5.75 Å². The molecule has 0 aliphatic heterocycles. The summed E-state index contributed by atoms with van der Waals surface area (Å²) in [6.07, 6.45) is 3.35. The molecule has 0 saturated heterocycles. The van der Waals surface area contributed by atoms with Gasteiger partial charge in [0.1, 0.15) is 5.75 Å². The van der Waals surface area contributed by atoms with E-state index >= 15 is 0 Å². The number of pyridine rings is 1. The summed E-state index contributed by atoms with van der Waals surface area (Å²) >= 11 is 5.92. The maximum absolute atomic E-state index is 12.6. The lowest BCUT2D eigenvalue weighted by Gasteiger charge is -2.11. The molecule has 0 aliphatic carbocycles. The minimum Gasteiger partial charge on any atom is -0.420 e. The molecule has 2 heterocycles. The molecule has 0 radical (unpaired) electrons. The molecule has 1 amide bonds. The van der Waals surface area contributed by atoms with Crippen molar-refractivity contribution in [1.82, 2.24) is 19.7 Å². The van der Waals surface area contributed by atoms with Crippen LogP contribution in [0.25, 0.3) is 11.4 Å². The number of amides is 1. The molecule has 28 heavy (non-hydrogen) atoms. The molecule has 3 rings (SSSR count). The number of alkyl halides is 3. The zero-order valence-corrected chi connectivity index (χ0v) is 16.0. The van der Waals surface area contributed by atoms with Crippen LogP contribution in [0, 0.1) is 0 Å². The number of benzene rings is 1. The van der Waals surface area contributed by atoms with E-state index in [4.69, 9.17) is 11.6 Å². The standard InChI is InChI=1S/C17H14ClF2N5O2S/c1-25-15(11-3-2-8-21-9-11)23-24-16(25)28-10-14(26)22-12-4-6-13(7-5-12)27-17(18,19)20/h2-9H,10H2,1H3,(H,22,26). The largest absolute Gasteiger partial charge is 0.487 e. The van der Waals surface area contributed by atoms with Crippen molar-refractivity contribution in [2.45, 2.75) is 10.7 Å². The van der Waals surface area contributed by atoms with Crippen LogP contribution in [0.1, 0.15) is 0 Å². The predicted molar refractivity (Wildman–Crippen MR) is 101 cm³/mol. The lowest BCUT2D eigenvalue weighted by molar-refractivity contribution is -0.113. The predicted octanol–water partition coefficient (Wildman–Crippen LogP) is 3.78. The van der Waals surface area contributed by atoms with Gasteiger partial charge in [-0.05, 0) is 36.4 Å². The monoisotopic (exact) mass is 425 g/mol. The Kier molecular flexibility index (Phi) is 6.10. The van der Waals surface area contributed by atoms with E-state index in [1.165, 1.54) is 36.0 Å². The van der Waals surface area contributed by atoms with E-state index in [9.17, 15) is 13.6 Å². The molecule has 1 aromatic carbocycles. The van der Waals surface area contributed by atoms with Crippen molar-refractivity contribution in [3.05, 3.63) is 48.8 Å². The molecule has 0 spiro atoms. The zero-order chi connectivity index (χ0) is 20.1. The van der Waals surface area contributed by atoms with Gasteiger partial charge < -0.3 is 14.6 Å². The van der Waals surface area contributed by atoms with Gasteiger partial charge in [0.05, 0.1) is 5.75 Å². The van der Waals surface area contributed by atoms with E-state index in [-0.39, 0.29) is 17.4 Å². The Morgan fingerprint density at radius 2 is 2.04 bits per heavy atom. The van der Waals surface area contributed by atoms with E-state index in [0.717, 1.165) is 5.56 Å². The number of nitrogens with zero attached hydrogens (tertiary/aromatic N) is 4. The number of carbonyl (C=O) groups is 1. The molecule has 0 unspecified atom stereocenters. The second-order valence-electron chi connectivity index (χ2n) is 5.52. The number of anilines is 1. The molecule has 0 fully saturated rings. The van der Waals surface area contributed by atoms with Crippen LogP contribution < -0.4 is 10.1 Å². The summed E-state index contributed by atoms with van der Waals surface area (Å²) in [6, 6.07) is 9.09. The van der Waals surface area contributed by atoms with Gasteiger partial charge in [-0.3, -0.25) is 9.78 Å². The lowest BCUT2D eigenvalue weighted by Crippen LogP contribution is -2.16. The lowest BCUT2D eigenvalue weighted by atomic mass is 10.3. The SMILES string of the molecule is Cn1c(SCC(=O)Nc2ccc(OC(F)(F)Cl)cc2)nnc1-c1cccnc1. The van der Waals surface area contributed by atoms with Crippen LogP contribution >= 0.6 is 23.4 Å². The summed E-state index contributed by atoms with van der Waals surface area (Å²) in [5.74, 6) is 0.334. The average molecular weight is 426 g/mol. The number of halogens is 3. The fraction of sp³-hybridized carbons (Fsp3) is 0.176. The Morgan fingerprint density at radius 3 is 2.68 bits per heavy atom. The minimum atomic E-state index is -3.79. The van der Waals surface area contributed by atoms with Gasteiger partial charge in [0.25, 0.3) is 0 Å². The summed E-state index contributed by atoms with van der Waals surface area (Å²) in [5.41, 5.74) is -2.53. The molecule has 0 bridgehead atoms. The van der Waals surface area contributed by atoms with E-state index in [1.54, 1.807) is 30.1 Å². The Labute approximate surface area is 168 Å². The van der Waals surface area contributed by atoms with Crippen molar-refractivity contribution < 1.29 is 18.3 Å². The first kappa shape index (κ1) is 20.0. The number of thioether (sulfide) groups is 1. The highest BCUT2D eigenvalue weighted by atomic mass is 35.5. The summed E-state index contributed by atoms with van der Waals surface area (Å²) in [5, 5.41) is 11.4. The highest BCUT2D eigenvalue weighted by molar-refractivity contribution is 7.99. The Morgan fingerprint density at radius 1 is 1.29 bits per heavy atom. The molecule has 3 aromatic rings. The van der Waals surface area contributed by atoms with Gasteiger partial charge in [-0.1, -0.05) is 11.8 Å². The van der Waals surface area contributed by atoms with Crippen molar-refractivity contribution in [3.63, 3.8) is 0 Å². The van der Waals surface area contributed by atoms with Gasteiger partial charge >= 0.3 is 5.57 Å². The van der Waals surface area contributed by atoms with Crippen molar-refractivity contribution >= 4 is 35.0 Å². The Balaban J connectivity index is 1.56. The molecular formula is C17H14ClF2N5O2S. The molecule has 2 aromatic heterocycles. The number of nitrogens with one attached hydrogen (secondary N) is 1. The zero-order valence-electron chi connectivity index (χ0n) is 14.5. The third-order valence-electron chi connectivity index (χ3n) is 3.46. The number of hydrogen-bond acceptors (Lipinski definition) is 6. The Hall–Kier alpha value is -2.72. The molecule has 0 aliphatic rings. The summed E-state index contributed by atoms with van der Waals surface area (Å²) in [7, 11) is 1.80. The number of carbonyl (C=O) groups excluding carboxylic acids is 1. The number of ether oxygens (including phenoxy) is 1. The van der Waals surface area contributed by atoms with Crippen LogP contribution in [0.4, 0.5) is 14.5 Å². The smallest absolute Gasteiger partial charge is 0.420 e. The average Bonchev–Trinajstić information content (AvgIpc) is 3.02. The first-order valence-corrected chi connectivity index (χ1v) is 9.26. The van der Waals surface area contributed by atoms with Gasteiger partial charge in [0.15, 0.2) is 11.0 Å². The maximum Gasteiger partial charge on any atom is 0.487 e. The van der Waals surface area contributed by atoms with Crippen LogP contribution in [0.3, 0.4) is 0 Å². The van der Waals surface area contributed by atoms with Crippen molar-refractivity contribution in [2.75, 3.05) is 11.1 Å². The van der Waals surface area contributed by atoms with Crippen LogP contribution in [0.2, 0.25) is 0 Å². The van der Waals surface area contributed by atoms with Crippen LogP contribution in [0.15, 0.2) is 53.9 Å². The van der Waals surface area contributed by atoms with Gasteiger partial charge in [-0.2, -0.15) is 0 Å². The molecule has 1 N–H and O–H groups in total. The number of hydrogen-bond donors (Lipinski definition) is 1. The van der Waals surface area contributed by atoms with E-state index < -0.39 is 5.57 Å². The van der Waals surface area contributed by atoms with E-state index in [0.29, 0.717) is 16.7 Å². The topological polar surface area (TPSA) is 81.9 Å². The van der Waals surface area contributed by atoms with Gasteiger partial charge in [0.2, 0.25) is 5.91 Å². The van der Waals surface area contributed by atoms with E-state index in [1.807, 2.05) is 6.07 Å². The second kappa shape index (κ2) is 8.53. The van der Waals surface area contributed by atoms with Crippen molar-refractivity contribution in [1.29, 1.82) is 0 Å². The fourth-order valence-corrected chi connectivity index (χ4v) is 3.05. The molecule has 7 nitrogen and oxygen atoms in total. The summed E-state index contributed by atoms with van der Waals surface area (Å²) < 4.78 is 31.1. The van der Waals surface area contributed by atoms with Gasteiger partial charge in [-0.25, -0.2) is 0 Å². The Bertz CT molecular complexity index is 948. The second-order valence-corrected chi connectivity index (χ2v) is 6.90. The number of aromatic nitrogens is 4. The van der Waals surface area contributed by atoms with Crippen molar-refractivity contribution in [3.8, 4) is 17.1 Å². The number of rotatable bonds is 7. The molecule has 0 saturated carbocycles. The van der Waals surface area contributed by atoms with Crippen molar-refractivity contribution in [2.24, 2.45) is 7.05 Å². The molecule has 0 atom stereocenters. The normalized spacial score (nSPS) is 11.3. The van der Waals surface area contributed by atoms with E-state index in [2.05, 4.69) is 25.2 Å². The molecule has 146 valence electrons. The molecule has 11 heteroatoms. The van der Waals surface area contributed by atoms with Gasteiger partial charge in [0, 0.05) is 42.3 Å².